The van der Waals surface area contributed by atoms with Crippen LogP contribution >= 0.6 is 11.3 Å². The van der Waals surface area contributed by atoms with E-state index in [1.165, 1.54) is 23.1 Å². The van der Waals surface area contributed by atoms with Crippen LogP contribution in [0.25, 0.3) is 0 Å². The lowest BCUT2D eigenvalue weighted by Crippen LogP contribution is -2.30. The van der Waals surface area contributed by atoms with Gasteiger partial charge in [0.25, 0.3) is 5.91 Å². The summed E-state index contributed by atoms with van der Waals surface area (Å²) in [4.78, 5) is 38.8. The fraction of sp³-hybridized carbons (Fsp3) is 0.458. The van der Waals surface area contributed by atoms with E-state index in [1.54, 1.807) is 7.11 Å². The van der Waals surface area contributed by atoms with Crippen molar-refractivity contribution in [1.82, 2.24) is 10.6 Å². The van der Waals surface area contributed by atoms with Crippen molar-refractivity contribution in [2.45, 2.75) is 51.5 Å². The molecule has 32 heavy (non-hydrogen) atoms. The Balaban J connectivity index is 1.76. The fourth-order valence-electron chi connectivity index (χ4n) is 3.95. The summed E-state index contributed by atoms with van der Waals surface area (Å²) in [5, 5.41) is 9.37. The molecule has 0 fully saturated rings. The number of thiophene rings is 1. The van der Waals surface area contributed by atoms with Crippen LogP contribution in [0.2, 0.25) is 0 Å². The number of methoxy groups -OCH3 is 1. The van der Waals surface area contributed by atoms with Gasteiger partial charge in [-0.1, -0.05) is 30.3 Å². The van der Waals surface area contributed by atoms with Gasteiger partial charge in [-0.3, -0.25) is 14.4 Å². The van der Waals surface area contributed by atoms with E-state index in [4.69, 9.17) is 4.74 Å². The number of hydrogen-bond acceptors (Lipinski definition) is 5. The molecular weight excluding hydrogens is 426 g/mol. The maximum atomic E-state index is 13.0. The summed E-state index contributed by atoms with van der Waals surface area (Å²) in [6.07, 6.45) is 4.72. The zero-order chi connectivity index (χ0) is 22.9. The van der Waals surface area contributed by atoms with Crippen molar-refractivity contribution in [1.29, 1.82) is 0 Å². The molecule has 0 spiro atoms. The van der Waals surface area contributed by atoms with Crippen molar-refractivity contribution in [2.75, 3.05) is 25.6 Å². The standard InChI is InChI=1S/C24H31N3O4S/c1-16(28)26-19(17-9-4-3-5-10-17)15-21(29)27-24-22(23(30)25-13-8-14-31-2)18-11-6-7-12-20(18)32-24/h3-5,9-10,19H,6-8,11-15H2,1-2H3,(H,25,30)(H,26,28)(H,27,29). The van der Waals surface area contributed by atoms with Gasteiger partial charge in [0.1, 0.15) is 5.00 Å². The number of amides is 3. The number of fused-ring (bicyclic) bond motifs is 1. The summed E-state index contributed by atoms with van der Waals surface area (Å²) in [5.74, 6) is -0.591. The van der Waals surface area contributed by atoms with Crippen molar-refractivity contribution < 1.29 is 19.1 Å². The van der Waals surface area contributed by atoms with Gasteiger partial charge in [0, 0.05) is 32.1 Å². The Morgan fingerprint density at radius 1 is 1.12 bits per heavy atom. The van der Waals surface area contributed by atoms with Crippen molar-refractivity contribution in [3.8, 4) is 0 Å². The molecule has 8 heteroatoms. The van der Waals surface area contributed by atoms with Crippen LogP contribution in [0.15, 0.2) is 30.3 Å². The van der Waals surface area contributed by atoms with Crippen LogP contribution in [0.4, 0.5) is 5.00 Å². The molecule has 1 aromatic heterocycles. The fourth-order valence-corrected chi connectivity index (χ4v) is 5.25. The second-order valence-corrected chi connectivity index (χ2v) is 9.04. The number of anilines is 1. The lowest BCUT2D eigenvalue weighted by atomic mass is 9.95. The first-order valence-corrected chi connectivity index (χ1v) is 11.8. The molecule has 1 aliphatic carbocycles. The third kappa shape index (κ3) is 6.40. The van der Waals surface area contributed by atoms with E-state index in [9.17, 15) is 14.4 Å². The molecule has 3 amide bonds. The van der Waals surface area contributed by atoms with Crippen LogP contribution in [-0.4, -0.2) is 38.0 Å². The first-order chi connectivity index (χ1) is 15.5. The van der Waals surface area contributed by atoms with Gasteiger partial charge in [-0.2, -0.15) is 0 Å². The van der Waals surface area contributed by atoms with Crippen LogP contribution in [0.1, 0.15) is 65.0 Å². The predicted octanol–water partition coefficient (Wildman–Crippen LogP) is 3.60. The van der Waals surface area contributed by atoms with Gasteiger partial charge in [0.05, 0.1) is 18.0 Å². The van der Waals surface area contributed by atoms with Crippen LogP contribution < -0.4 is 16.0 Å². The van der Waals surface area contributed by atoms with Crippen molar-refractivity contribution >= 4 is 34.1 Å². The second kappa shape index (κ2) is 11.8. The molecule has 1 aromatic carbocycles. The summed E-state index contributed by atoms with van der Waals surface area (Å²) in [7, 11) is 1.63. The number of nitrogens with one attached hydrogen (secondary N) is 3. The molecule has 1 heterocycles. The van der Waals surface area contributed by atoms with Gasteiger partial charge in [-0.25, -0.2) is 0 Å². The molecule has 1 unspecified atom stereocenters. The average Bonchev–Trinajstić information content (AvgIpc) is 3.14. The third-order valence-electron chi connectivity index (χ3n) is 5.43. The zero-order valence-corrected chi connectivity index (χ0v) is 19.5. The highest BCUT2D eigenvalue weighted by atomic mass is 32.1. The number of benzene rings is 1. The second-order valence-electron chi connectivity index (χ2n) is 7.93. The van der Waals surface area contributed by atoms with Crippen LogP contribution in [0.3, 0.4) is 0 Å². The van der Waals surface area contributed by atoms with Crippen LogP contribution in [0.5, 0.6) is 0 Å². The van der Waals surface area contributed by atoms with Crippen molar-refractivity contribution in [2.24, 2.45) is 0 Å². The summed E-state index contributed by atoms with van der Waals surface area (Å²) in [6.45, 7) is 2.53. The molecule has 2 aromatic rings. The largest absolute Gasteiger partial charge is 0.385 e. The summed E-state index contributed by atoms with van der Waals surface area (Å²) in [6, 6.07) is 8.98. The van der Waals surface area contributed by atoms with E-state index < -0.39 is 6.04 Å². The molecule has 0 saturated heterocycles. The maximum Gasteiger partial charge on any atom is 0.254 e. The molecule has 0 radical (unpaired) electrons. The predicted molar refractivity (Wildman–Crippen MR) is 126 cm³/mol. The van der Waals surface area contributed by atoms with E-state index in [1.807, 2.05) is 30.3 Å². The van der Waals surface area contributed by atoms with E-state index in [2.05, 4.69) is 16.0 Å². The van der Waals surface area contributed by atoms with Gasteiger partial charge in [-0.05, 0) is 43.2 Å². The molecule has 0 bridgehead atoms. The van der Waals surface area contributed by atoms with E-state index in [0.717, 1.165) is 43.2 Å². The zero-order valence-electron chi connectivity index (χ0n) is 18.7. The van der Waals surface area contributed by atoms with Gasteiger partial charge in [0.15, 0.2) is 0 Å². The molecule has 0 aliphatic heterocycles. The Bertz CT molecular complexity index is 942. The van der Waals surface area contributed by atoms with Gasteiger partial charge >= 0.3 is 0 Å². The quantitative estimate of drug-likeness (QED) is 0.475. The van der Waals surface area contributed by atoms with Gasteiger partial charge in [-0.15, -0.1) is 11.3 Å². The molecule has 172 valence electrons. The average molecular weight is 458 g/mol. The smallest absolute Gasteiger partial charge is 0.254 e. The number of aryl methyl sites for hydroxylation is 1. The van der Waals surface area contributed by atoms with Gasteiger partial charge < -0.3 is 20.7 Å². The first kappa shape index (κ1) is 23.9. The normalized spacial score (nSPS) is 13.7. The van der Waals surface area contributed by atoms with Crippen molar-refractivity contribution in [3.05, 3.63) is 51.9 Å². The number of ether oxygens (including phenoxy) is 1. The summed E-state index contributed by atoms with van der Waals surface area (Å²) >= 11 is 1.49. The van der Waals surface area contributed by atoms with E-state index in [-0.39, 0.29) is 24.1 Å². The lowest BCUT2D eigenvalue weighted by molar-refractivity contribution is -0.120. The summed E-state index contributed by atoms with van der Waals surface area (Å²) in [5.41, 5.74) is 2.51. The summed E-state index contributed by atoms with van der Waals surface area (Å²) < 4.78 is 5.05. The molecule has 3 N–H and O–H groups in total. The number of carbonyl (C=O) groups is 3. The van der Waals surface area contributed by atoms with Gasteiger partial charge in [0.2, 0.25) is 11.8 Å². The Morgan fingerprint density at radius 3 is 2.59 bits per heavy atom. The minimum atomic E-state index is -0.436. The molecule has 1 aliphatic rings. The highest BCUT2D eigenvalue weighted by molar-refractivity contribution is 7.17. The molecule has 3 rings (SSSR count). The first-order valence-electron chi connectivity index (χ1n) is 11.0. The highest BCUT2D eigenvalue weighted by Gasteiger charge is 2.27. The molecule has 0 saturated carbocycles. The Morgan fingerprint density at radius 2 is 1.88 bits per heavy atom. The molecule has 7 nitrogen and oxygen atoms in total. The van der Waals surface area contributed by atoms with Crippen LogP contribution in [0, 0.1) is 0 Å². The highest BCUT2D eigenvalue weighted by Crippen LogP contribution is 2.38. The van der Waals surface area contributed by atoms with Crippen molar-refractivity contribution in [3.63, 3.8) is 0 Å². The molecular formula is C24H31N3O4S. The lowest BCUT2D eigenvalue weighted by Gasteiger charge is -2.18. The minimum Gasteiger partial charge on any atom is -0.385 e. The number of hydrogen-bond donors (Lipinski definition) is 3. The Kier molecular flexibility index (Phi) is 8.81. The SMILES string of the molecule is COCCCNC(=O)c1c(NC(=O)CC(NC(C)=O)c2ccccc2)sc2c1CCCC2. The monoisotopic (exact) mass is 457 g/mol. The third-order valence-corrected chi connectivity index (χ3v) is 6.64. The van der Waals surface area contributed by atoms with E-state index >= 15 is 0 Å². The Hall–Kier alpha value is -2.71. The Labute approximate surface area is 192 Å². The maximum absolute atomic E-state index is 13.0. The van der Waals surface area contributed by atoms with Crippen LogP contribution in [-0.2, 0) is 27.2 Å². The molecule has 1 atom stereocenters. The van der Waals surface area contributed by atoms with E-state index in [0.29, 0.717) is 23.7 Å². The topological polar surface area (TPSA) is 96.5 Å². The number of rotatable bonds is 10. The number of carbonyl (C=O) groups excluding carboxylic acids is 3. The minimum absolute atomic E-state index is 0.0844.